The van der Waals surface area contributed by atoms with E-state index in [9.17, 15) is 9.59 Å². The molecule has 1 fully saturated rings. The quantitative estimate of drug-likeness (QED) is 0.913. The van der Waals surface area contributed by atoms with Gasteiger partial charge in [0.05, 0.1) is 18.3 Å². The molecule has 3 rings (SSSR count). The lowest BCUT2D eigenvalue weighted by Crippen LogP contribution is -2.43. The van der Waals surface area contributed by atoms with Crippen molar-refractivity contribution >= 4 is 28.6 Å². The minimum absolute atomic E-state index is 0.173. The number of rotatable bonds is 3. The zero-order valence-electron chi connectivity index (χ0n) is 15.4. The second-order valence-electron chi connectivity index (χ2n) is 7.18. The van der Waals surface area contributed by atoms with Crippen LogP contribution >= 0.6 is 0 Å². The van der Waals surface area contributed by atoms with E-state index in [1.807, 2.05) is 24.3 Å². The number of carbonyl (C=O) groups excluding carboxylic acids is 2. The molecule has 26 heavy (non-hydrogen) atoms. The van der Waals surface area contributed by atoms with Gasteiger partial charge in [0.2, 0.25) is 11.8 Å². The monoisotopic (exact) mass is 357 g/mol. The Hall–Kier alpha value is -2.83. The summed E-state index contributed by atoms with van der Waals surface area (Å²) >= 11 is 0. The number of aromatic nitrogens is 1. The Labute approximate surface area is 152 Å². The molecule has 7 heteroatoms. The van der Waals surface area contributed by atoms with Crippen molar-refractivity contribution in [2.75, 3.05) is 18.6 Å². The van der Waals surface area contributed by atoms with Crippen molar-refractivity contribution in [2.24, 2.45) is 0 Å². The summed E-state index contributed by atoms with van der Waals surface area (Å²) in [5, 5.41) is 3.57. The van der Waals surface area contributed by atoms with E-state index in [-0.39, 0.29) is 5.91 Å². The largest absolute Gasteiger partial charge is 0.481 e. The Morgan fingerprint density at radius 2 is 2.04 bits per heavy atom. The summed E-state index contributed by atoms with van der Waals surface area (Å²) < 4.78 is 10.4. The molecule has 1 atom stereocenters. The summed E-state index contributed by atoms with van der Waals surface area (Å²) in [4.78, 5) is 30.9. The number of ether oxygens (including phenoxy) is 2. The molecule has 0 aliphatic carbocycles. The van der Waals surface area contributed by atoms with E-state index < -0.39 is 17.7 Å². The molecule has 1 aliphatic heterocycles. The molecule has 138 valence electrons. The molecule has 1 aliphatic rings. The van der Waals surface area contributed by atoms with Crippen molar-refractivity contribution in [1.29, 1.82) is 0 Å². The summed E-state index contributed by atoms with van der Waals surface area (Å²) in [6, 6.07) is 8.75. The minimum atomic E-state index is -0.610. The van der Waals surface area contributed by atoms with Crippen molar-refractivity contribution in [1.82, 2.24) is 10.3 Å². The summed E-state index contributed by atoms with van der Waals surface area (Å²) in [5.74, 6) is 0.313. The van der Waals surface area contributed by atoms with Gasteiger partial charge in [-0.3, -0.25) is 4.79 Å². The molecule has 2 heterocycles. The first-order valence-corrected chi connectivity index (χ1v) is 8.53. The van der Waals surface area contributed by atoms with Crippen LogP contribution in [0.2, 0.25) is 0 Å². The highest BCUT2D eigenvalue weighted by Gasteiger charge is 2.35. The van der Waals surface area contributed by atoms with Gasteiger partial charge < -0.3 is 19.7 Å². The van der Waals surface area contributed by atoms with Crippen LogP contribution in [0.1, 0.15) is 27.2 Å². The van der Waals surface area contributed by atoms with E-state index in [4.69, 9.17) is 9.47 Å². The van der Waals surface area contributed by atoms with Gasteiger partial charge in [0.15, 0.2) is 0 Å². The number of carbonyl (C=O) groups is 2. The average molecular weight is 357 g/mol. The fourth-order valence-electron chi connectivity index (χ4n) is 2.95. The number of nitrogens with zero attached hydrogens (tertiary/aromatic N) is 2. The number of alkyl carbamates (subject to hydrolysis) is 1. The lowest BCUT2D eigenvalue weighted by atomic mass is 10.1. The molecular weight excluding hydrogens is 334 g/mol. The molecular formula is C19H23N3O4. The lowest BCUT2D eigenvalue weighted by molar-refractivity contribution is -0.118. The van der Waals surface area contributed by atoms with Crippen LogP contribution in [0.3, 0.4) is 0 Å². The van der Waals surface area contributed by atoms with Gasteiger partial charge in [-0.15, -0.1) is 0 Å². The molecule has 2 aromatic rings. The van der Waals surface area contributed by atoms with E-state index in [0.717, 1.165) is 5.39 Å². The first-order valence-electron chi connectivity index (χ1n) is 8.53. The Kier molecular flexibility index (Phi) is 4.71. The molecule has 0 saturated carbocycles. The fourth-order valence-corrected chi connectivity index (χ4v) is 2.95. The highest BCUT2D eigenvalue weighted by atomic mass is 16.6. The summed E-state index contributed by atoms with van der Waals surface area (Å²) in [6.45, 7) is 5.84. The smallest absolute Gasteiger partial charge is 0.408 e. The molecule has 0 unspecified atom stereocenters. The number of hydrogen-bond donors (Lipinski definition) is 1. The van der Waals surface area contributed by atoms with Crippen LogP contribution in [0.25, 0.3) is 10.9 Å². The predicted molar refractivity (Wildman–Crippen MR) is 98.4 cm³/mol. The third kappa shape index (κ3) is 3.71. The molecule has 1 saturated heterocycles. The number of anilines is 1. The lowest BCUT2D eigenvalue weighted by Gasteiger charge is -2.22. The van der Waals surface area contributed by atoms with Crippen molar-refractivity contribution < 1.29 is 19.1 Å². The van der Waals surface area contributed by atoms with E-state index >= 15 is 0 Å². The fraction of sp³-hybridized carbons (Fsp3) is 0.421. The topological polar surface area (TPSA) is 80.8 Å². The summed E-state index contributed by atoms with van der Waals surface area (Å²) in [7, 11) is 1.55. The zero-order chi connectivity index (χ0) is 18.9. The van der Waals surface area contributed by atoms with Gasteiger partial charge in [-0.2, -0.15) is 0 Å². The van der Waals surface area contributed by atoms with E-state index in [1.54, 1.807) is 38.8 Å². The van der Waals surface area contributed by atoms with Gasteiger partial charge in [0.25, 0.3) is 0 Å². The number of hydrogen-bond acceptors (Lipinski definition) is 5. The molecule has 1 N–H and O–H groups in total. The molecule has 7 nitrogen and oxygen atoms in total. The van der Waals surface area contributed by atoms with Gasteiger partial charge >= 0.3 is 6.09 Å². The predicted octanol–water partition coefficient (Wildman–Crippen LogP) is 2.87. The SMILES string of the molecule is COc1ccc2cccc(N3CC[C@H](NC(=O)OC(C)(C)C)C3=O)c2n1. The molecule has 0 bridgehead atoms. The zero-order valence-corrected chi connectivity index (χ0v) is 15.4. The number of fused-ring (bicyclic) bond motifs is 1. The Morgan fingerprint density at radius 3 is 2.73 bits per heavy atom. The van der Waals surface area contributed by atoms with E-state index in [0.29, 0.717) is 30.0 Å². The second-order valence-corrected chi connectivity index (χ2v) is 7.18. The van der Waals surface area contributed by atoms with Gasteiger partial charge in [-0.1, -0.05) is 12.1 Å². The summed E-state index contributed by atoms with van der Waals surface area (Å²) in [6.07, 6.45) is -0.0752. The molecule has 0 spiro atoms. The van der Waals surface area contributed by atoms with Crippen molar-refractivity contribution in [2.45, 2.75) is 38.8 Å². The first kappa shape index (κ1) is 18.0. The van der Waals surface area contributed by atoms with Gasteiger partial charge in [0.1, 0.15) is 11.6 Å². The van der Waals surface area contributed by atoms with Crippen LogP contribution in [-0.2, 0) is 9.53 Å². The van der Waals surface area contributed by atoms with E-state index in [2.05, 4.69) is 10.3 Å². The highest BCUT2D eigenvalue weighted by molar-refractivity contribution is 6.06. The molecule has 1 aromatic carbocycles. The number of pyridine rings is 1. The van der Waals surface area contributed by atoms with Crippen molar-refractivity contribution in [3.05, 3.63) is 30.3 Å². The van der Waals surface area contributed by atoms with Crippen LogP contribution in [0.5, 0.6) is 5.88 Å². The van der Waals surface area contributed by atoms with Crippen molar-refractivity contribution in [3.63, 3.8) is 0 Å². The third-order valence-electron chi connectivity index (χ3n) is 4.07. The van der Waals surface area contributed by atoms with Gasteiger partial charge in [-0.25, -0.2) is 9.78 Å². The number of methoxy groups -OCH3 is 1. The van der Waals surface area contributed by atoms with Crippen molar-refractivity contribution in [3.8, 4) is 5.88 Å². The number of amides is 2. The maximum atomic E-state index is 12.8. The molecule has 1 aromatic heterocycles. The maximum absolute atomic E-state index is 12.8. The van der Waals surface area contributed by atoms with Crippen LogP contribution in [0.15, 0.2) is 30.3 Å². The van der Waals surface area contributed by atoms with E-state index in [1.165, 1.54) is 0 Å². The van der Waals surface area contributed by atoms with Gasteiger partial charge in [-0.05, 0) is 39.3 Å². The number of para-hydroxylation sites is 1. The van der Waals surface area contributed by atoms with Crippen LogP contribution in [0.4, 0.5) is 10.5 Å². The molecule has 2 amide bonds. The third-order valence-corrected chi connectivity index (χ3v) is 4.07. The van der Waals surface area contributed by atoms with Gasteiger partial charge in [0, 0.05) is 18.0 Å². The highest BCUT2D eigenvalue weighted by Crippen LogP contribution is 2.30. The van der Waals surface area contributed by atoms with Crippen LogP contribution < -0.4 is 15.0 Å². The Bertz CT molecular complexity index is 844. The summed E-state index contributed by atoms with van der Waals surface area (Å²) in [5.41, 5.74) is 0.791. The molecule has 0 radical (unpaired) electrons. The number of nitrogens with one attached hydrogen (secondary N) is 1. The van der Waals surface area contributed by atoms with Crippen LogP contribution in [-0.4, -0.2) is 42.3 Å². The maximum Gasteiger partial charge on any atom is 0.408 e. The Morgan fingerprint density at radius 1 is 1.27 bits per heavy atom. The standard InChI is InChI=1S/C19H23N3O4/c1-19(2,3)26-18(24)20-13-10-11-22(17(13)23)14-7-5-6-12-8-9-15(25-4)21-16(12)14/h5-9,13H,10-11H2,1-4H3,(H,20,24)/t13-/m0/s1. The second kappa shape index (κ2) is 6.82. The first-order chi connectivity index (χ1) is 12.3. The number of benzene rings is 1. The Balaban J connectivity index is 1.82. The average Bonchev–Trinajstić information content (AvgIpc) is 2.92. The minimum Gasteiger partial charge on any atom is -0.481 e. The van der Waals surface area contributed by atoms with Crippen LogP contribution in [0, 0.1) is 0 Å². The normalized spacial score (nSPS) is 17.5.